The Morgan fingerprint density at radius 3 is 2.59 bits per heavy atom. The van der Waals surface area contributed by atoms with E-state index in [0.29, 0.717) is 23.8 Å². The van der Waals surface area contributed by atoms with E-state index < -0.39 is 10.0 Å². The summed E-state index contributed by atoms with van der Waals surface area (Å²) in [5.74, 6) is -0.224. The highest BCUT2D eigenvalue weighted by atomic mass is 32.2. The van der Waals surface area contributed by atoms with Crippen LogP contribution in [-0.2, 0) is 14.8 Å². The zero-order valence-corrected chi connectivity index (χ0v) is 20.6. The number of thioether (sulfide) groups is 1. The Bertz CT molecular complexity index is 1220. The summed E-state index contributed by atoms with van der Waals surface area (Å²) in [6, 6.07) is 12.1. The molecule has 2 aromatic carbocycles. The molecule has 0 radical (unpaired) electrons. The van der Waals surface area contributed by atoms with Gasteiger partial charge in [-0.2, -0.15) is 0 Å². The molecule has 1 fully saturated rings. The lowest BCUT2D eigenvalue weighted by atomic mass is 10.2. The summed E-state index contributed by atoms with van der Waals surface area (Å²) in [4.78, 5) is 21.2. The van der Waals surface area contributed by atoms with Gasteiger partial charge in [0.05, 0.1) is 27.8 Å². The summed E-state index contributed by atoms with van der Waals surface area (Å²) in [5, 5.41) is 0.615. The molecule has 170 valence electrons. The first-order valence-electron chi connectivity index (χ1n) is 10.2. The summed E-state index contributed by atoms with van der Waals surface area (Å²) >= 11 is 3.14. The number of benzene rings is 2. The lowest BCUT2D eigenvalue weighted by molar-refractivity contribution is 0.0917. The van der Waals surface area contributed by atoms with E-state index in [1.807, 2.05) is 18.4 Å². The van der Waals surface area contributed by atoms with Crippen LogP contribution in [-0.4, -0.2) is 63.2 Å². The molecule has 1 aliphatic rings. The number of fused-ring (bicyclic) bond motifs is 1. The molecule has 3 aromatic rings. The second kappa shape index (κ2) is 9.48. The third-order valence-corrected chi connectivity index (χ3v) is 8.95. The van der Waals surface area contributed by atoms with Crippen LogP contribution in [0, 0.1) is 0 Å². The average molecular weight is 492 g/mol. The third-order valence-electron chi connectivity index (χ3n) is 5.35. The van der Waals surface area contributed by atoms with Gasteiger partial charge < -0.3 is 4.74 Å². The minimum absolute atomic E-state index is 0.0406. The van der Waals surface area contributed by atoms with Crippen LogP contribution in [0.1, 0.15) is 23.2 Å². The number of rotatable bonds is 7. The highest BCUT2D eigenvalue weighted by Gasteiger charge is 2.27. The molecular weight excluding hydrogens is 466 g/mol. The van der Waals surface area contributed by atoms with E-state index in [1.54, 1.807) is 28.8 Å². The molecule has 1 saturated heterocycles. The van der Waals surface area contributed by atoms with Crippen LogP contribution in [0.15, 0.2) is 52.3 Å². The highest BCUT2D eigenvalue weighted by molar-refractivity contribution is 7.98. The van der Waals surface area contributed by atoms with Gasteiger partial charge >= 0.3 is 0 Å². The van der Waals surface area contributed by atoms with Crippen LogP contribution < -0.4 is 4.90 Å². The summed E-state index contributed by atoms with van der Waals surface area (Å²) in [7, 11) is -0.599. The van der Waals surface area contributed by atoms with Gasteiger partial charge in [0.2, 0.25) is 10.0 Å². The van der Waals surface area contributed by atoms with Crippen molar-refractivity contribution < 1.29 is 17.9 Å². The largest absolute Gasteiger partial charge is 0.376 e. The molecule has 1 aromatic heterocycles. The fourth-order valence-corrected chi connectivity index (χ4v) is 5.94. The van der Waals surface area contributed by atoms with Crippen molar-refractivity contribution in [1.29, 1.82) is 0 Å². The average Bonchev–Trinajstić information content (AvgIpc) is 3.45. The van der Waals surface area contributed by atoms with E-state index in [0.717, 1.165) is 32.3 Å². The first kappa shape index (κ1) is 23.2. The highest BCUT2D eigenvalue weighted by Crippen LogP contribution is 2.33. The Labute approximate surface area is 196 Å². The molecule has 0 saturated carbocycles. The van der Waals surface area contributed by atoms with E-state index in [9.17, 15) is 13.2 Å². The van der Waals surface area contributed by atoms with Crippen molar-refractivity contribution in [2.24, 2.45) is 0 Å². The number of amides is 1. The van der Waals surface area contributed by atoms with Crippen molar-refractivity contribution in [2.75, 3.05) is 38.4 Å². The summed E-state index contributed by atoms with van der Waals surface area (Å²) in [5.41, 5.74) is 1.25. The van der Waals surface area contributed by atoms with Crippen molar-refractivity contribution >= 4 is 54.4 Å². The SMILES string of the molecule is CSc1ccc2nc(N(CC3CCCO3)C(=O)c3ccc(S(=O)(=O)N(C)C)cc3)sc2c1. The van der Waals surface area contributed by atoms with Crippen molar-refractivity contribution in [1.82, 2.24) is 9.29 Å². The van der Waals surface area contributed by atoms with Crippen LogP contribution in [0.3, 0.4) is 0 Å². The maximum atomic E-state index is 13.5. The Balaban J connectivity index is 1.68. The minimum atomic E-state index is -3.56. The molecular formula is C22H25N3O4S3. The van der Waals surface area contributed by atoms with Gasteiger partial charge in [0, 0.05) is 31.2 Å². The van der Waals surface area contributed by atoms with E-state index in [1.165, 1.54) is 37.6 Å². The number of thiazole rings is 1. The molecule has 1 amide bonds. The van der Waals surface area contributed by atoms with Crippen molar-refractivity contribution in [3.8, 4) is 0 Å². The lowest BCUT2D eigenvalue weighted by Gasteiger charge is -2.23. The second-order valence-corrected chi connectivity index (χ2v) is 11.7. The number of hydrogen-bond donors (Lipinski definition) is 0. The van der Waals surface area contributed by atoms with Crippen molar-refractivity contribution in [3.05, 3.63) is 48.0 Å². The van der Waals surface area contributed by atoms with Gasteiger partial charge in [-0.1, -0.05) is 11.3 Å². The molecule has 7 nitrogen and oxygen atoms in total. The Morgan fingerprint density at radius 1 is 1.22 bits per heavy atom. The number of hydrogen-bond acceptors (Lipinski definition) is 7. The Morgan fingerprint density at radius 2 is 1.97 bits per heavy atom. The standard InChI is InChI=1S/C22H25N3O4S3/c1-24(2)32(27,28)18-9-6-15(7-10-18)21(26)25(14-16-5-4-12-29-16)22-23-19-11-8-17(30-3)13-20(19)31-22/h6-11,13,16H,4-5,12,14H2,1-3H3. The van der Waals surface area contributed by atoms with Gasteiger partial charge in [0.25, 0.3) is 5.91 Å². The van der Waals surface area contributed by atoms with Gasteiger partial charge in [-0.3, -0.25) is 9.69 Å². The molecule has 0 aliphatic carbocycles. The summed E-state index contributed by atoms with van der Waals surface area (Å²) in [6.45, 7) is 1.10. The molecule has 0 spiro atoms. The number of carbonyl (C=O) groups is 1. The Kier molecular flexibility index (Phi) is 6.87. The summed E-state index contributed by atoms with van der Waals surface area (Å²) in [6.07, 6.45) is 3.85. The second-order valence-electron chi connectivity index (χ2n) is 7.69. The van der Waals surface area contributed by atoms with E-state index in [-0.39, 0.29) is 16.9 Å². The van der Waals surface area contributed by atoms with Crippen molar-refractivity contribution in [3.63, 3.8) is 0 Å². The summed E-state index contributed by atoms with van der Waals surface area (Å²) < 4.78 is 32.7. The molecule has 10 heteroatoms. The first-order chi connectivity index (χ1) is 15.3. The van der Waals surface area contributed by atoms with Crippen LogP contribution in [0.25, 0.3) is 10.2 Å². The zero-order chi connectivity index (χ0) is 22.9. The number of aromatic nitrogens is 1. The smallest absolute Gasteiger partial charge is 0.260 e. The van der Waals surface area contributed by atoms with Gasteiger partial charge in [-0.05, 0) is 61.6 Å². The first-order valence-corrected chi connectivity index (χ1v) is 13.7. The monoisotopic (exact) mass is 491 g/mol. The van der Waals surface area contributed by atoms with Gasteiger partial charge in [0.15, 0.2) is 5.13 Å². The van der Waals surface area contributed by atoms with Gasteiger partial charge in [0.1, 0.15) is 0 Å². The normalized spacial score (nSPS) is 16.7. The topological polar surface area (TPSA) is 79.8 Å². The predicted octanol–water partition coefficient (Wildman–Crippen LogP) is 4.09. The number of carbonyl (C=O) groups excluding carboxylic acids is 1. The Hall–Kier alpha value is -1.98. The molecule has 0 bridgehead atoms. The van der Waals surface area contributed by atoms with Gasteiger partial charge in [-0.25, -0.2) is 17.7 Å². The molecule has 1 aliphatic heterocycles. The number of nitrogens with zero attached hydrogens (tertiary/aromatic N) is 3. The van der Waals surface area contributed by atoms with Gasteiger partial charge in [-0.15, -0.1) is 11.8 Å². The molecule has 4 rings (SSSR count). The number of ether oxygens (including phenoxy) is 1. The van der Waals surface area contributed by atoms with E-state index in [2.05, 4.69) is 6.07 Å². The van der Waals surface area contributed by atoms with Crippen LogP contribution in [0.4, 0.5) is 5.13 Å². The predicted molar refractivity (Wildman–Crippen MR) is 129 cm³/mol. The van der Waals surface area contributed by atoms with Crippen LogP contribution >= 0.6 is 23.1 Å². The maximum absolute atomic E-state index is 13.5. The van der Waals surface area contributed by atoms with Crippen molar-refractivity contribution in [2.45, 2.75) is 28.7 Å². The fourth-order valence-electron chi connectivity index (χ4n) is 3.51. The minimum Gasteiger partial charge on any atom is -0.376 e. The fraction of sp³-hybridized carbons (Fsp3) is 0.364. The van der Waals surface area contributed by atoms with E-state index in [4.69, 9.17) is 9.72 Å². The molecule has 1 atom stereocenters. The van der Waals surface area contributed by atoms with E-state index >= 15 is 0 Å². The number of sulfonamides is 1. The van der Waals surface area contributed by atoms with Crippen LogP contribution in [0.2, 0.25) is 0 Å². The van der Waals surface area contributed by atoms with Crippen LogP contribution in [0.5, 0.6) is 0 Å². The maximum Gasteiger partial charge on any atom is 0.260 e. The molecule has 2 heterocycles. The molecule has 0 N–H and O–H groups in total. The quantitative estimate of drug-likeness (QED) is 0.463. The molecule has 32 heavy (non-hydrogen) atoms. The lowest BCUT2D eigenvalue weighted by Crippen LogP contribution is -2.37. The molecule has 1 unspecified atom stereocenters. The third kappa shape index (κ3) is 4.69. The number of anilines is 1. The zero-order valence-electron chi connectivity index (χ0n) is 18.1.